The molecule has 5 aromatic rings. The van der Waals surface area contributed by atoms with Gasteiger partial charge in [0.05, 0.1) is 22.2 Å². The summed E-state index contributed by atoms with van der Waals surface area (Å²) in [5.74, 6) is -1.80. The average Bonchev–Trinajstić information content (AvgIpc) is 3.25. The van der Waals surface area contributed by atoms with E-state index in [2.05, 4.69) is 20.8 Å². The zero-order valence-corrected chi connectivity index (χ0v) is 19.3. The molecule has 0 saturated carbocycles. The number of para-hydroxylation sites is 1. The minimum atomic E-state index is -4.88. The first-order chi connectivity index (χ1) is 18.1. The van der Waals surface area contributed by atoms with Gasteiger partial charge in [-0.25, -0.2) is 13.6 Å². The molecule has 192 valence electrons. The number of hydrogen-bond donors (Lipinski definition) is 4. The standard InChI is InChI=1S/C27H18F5N5O/c28-20-11-8-14(12-19(20)27(30,31)32)16-4-1-2-6-22(16)35-26(38)34-15-9-10-17(21(29)13-15)18-5-3-7-23-24(18)25(33)37-36-23/h1-13H,(H3,33,36,37)(H2,34,35,38). The maximum absolute atomic E-state index is 15.1. The Morgan fingerprint density at radius 2 is 1.58 bits per heavy atom. The van der Waals surface area contributed by atoms with Gasteiger partial charge in [0, 0.05) is 16.8 Å². The summed E-state index contributed by atoms with van der Waals surface area (Å²) in [6.07, 6.45) is -4.88. The van der Waals surface area contributed by atoms with Gasteiger partial charge in [-0.2, -0.15) is 18.3 Å². The largest absolute Gasteiger partial charge is 0.419 e. The van der Waals surface area contributed by atoms with Crippen molar-refractivity contribution in [3.63, 3.8) is 0 Å². The van der Waals surface area contributed by atoms with E-state index in [9.17, 15) is 22.4 Å². The quantitative estimate of drug-likeness (QED) is 0.185. The number of halogens is 5. The first-order valence-electron chi connectivity index (χ1n) is 11.2. The number of nitrogen functional groups attached to an aromatic ring is 1. The number of hydrogen-bond acceptors (Lipinski definition) is 3. The highest BCUT2D eigenvalue weighted by molar-refractivity contribution is 6.04. The van der Waals surface area contributed by atoms with Gasteiger partial charge < -0.3 is 16.4 Å². The fourth-order valence-corrected chi connectivity index (χ4v) is 4.17. The molecule has 0 saturated heterocycles. The number of amides is 2. The van der Waals surface area contributed by atoms with Gasteiger partial charge in [-0.3, -0.25) is 5.10 Å². The molecule has 0 aliphatic carbocycles. The maximum atomic E-state index is 15.1. The minimum absolute atomic E-state index is 0.0534. The second-order valence-corrected chi connectivity index (χ2v) is 8.35. The lowest BCUT2D eigenvalue weighted by Gasteiger charge is -2.15. The number of urea groups is 1. The first kappa shape index (κ1) is 24.8. The molecule has 0 fully saturated rings. The normalized spacial score (nSPS) is 11.5. The van der Waals surface area contributed by atoms with Crippen molar-refractivity contribution in [3.05, 3.63) is 96.1 Å². The molecule has 1 heterocycles. The topological polar surface area (TPSA) is 95.8 Å². The van der Waals surface area contributed by atoms with E-state index in [4.69, 9.17) is 5.73 Å². The lowest BCUT2D eigenvalue weighted by Crippen LogP contribution is -2.20. The lowest BCUT2D eigenvalue weighted by molar-refractivity contribution is -0.139. The summed E-state index contributed by atoms with van der Waals surface area (Å²) in [6, 6.07) is 17.2. The van der Waals surface area contributed by atoms with Crippen LogP contribution in [-0.2, 0) is 6.18 Å². The van der Waals surface area contributed by atoms with Crippen LogP contribution in [0, 0.1) is 11.6 Å². The summed E-state index contributed by atoms with van der Waals surface area (Å²) >= 11 is 0. The highest BCUT2D eigenvalue weighted by Crippen LogP contribution is 2.37. The zero-order valence-electron chi connectivity index (χ0n) is 19.3. The van der Waals surface area contributed by atoms with Gasteiger partial charge in [0.25, 0.3) is 0 Å². The Bertz CT molecular complexity index is 1680. The molecule has 0 bridgehead atoms. The van der Waals surface area contributed by atoms with Crippen LogP contribution in [0.5, 0.6) is 0 Å². The van der Waals surface area contributed by atoms with Crippen molar-refractivity contribution in [3.8, 4) is 22.3 Å². The lowest BCUT2D eigenvalue weighted by atomic mass is 10.0. The van der Waals surface area contributed by atoms with Crippen LogP contribution in [-0.4, -0.2) is 16.2 Å². The summed E-state index contributed by atoms with van der Waals surface area (Å²) in [4.78, 5) is 12.7. The van der Waals surface area contributed by atoms with Gasteiger partial charge >= 0.3 is 12.2 Å². The van der Waals surface area contributed by atoms with Crippen molar-refractivity contribution in [2.24, 2.45) is 0 Å². The molecule has 0 atom stereocenters. The van der Waals surface area contributed by atoms with Crippen LogP contribution in [0.2, 0.25) is 0 Å². The minimum Gasteiger partial charge on any atom is -0.382 e. The van der Waals surface area contributed by atoms with Gasteiger partial charge in [-0.1, -0.05) is 36.4 Å². The van der Waals surface area contributed by atoms with E-state index in [-0.39, 0.29) is 33.9 Å². The molecule has 0 radical (unpaired) electrons. The van der Waals surface area contributed by atoms with E-state index >= 15 is 4.39 Å². The number of aromatic nitrogens is 2. The van der Waals surface area contributed by atoms with Crippen LogP contribution in [0.3, 0.4) is 0 Å². The molecule has 38 heavy (non-hydrogen) atoms. The van der Waals surface area contributed by atoms with Gasteiger partial charge in [0.1, 0.15) is 11.6 Å². The van der Waals surface area contributed by atoms with E-state index in [0.717, 1.165) is 12.1 Å². The Morgan fingerprint density at radius 1 is 0.816 bits per heavy atom. The van der Waals surface area contributed by atoms with Crippen molar-refractivity contribution in [2.75, 3.05) is 16.4 Å². The number of anilines is 3. The third kappa shape index (κ3) is 4.73. The Morgan fingerprint density at radius 3 is 2.34 bits per heavy atom. The molecule has 0 aliphatic heterocycles. The molecule has 6 nitrogen and oxygen atoms in total. The van der Waals surface area contributed by atoms with Crippen molar-refractivity contribution in [2.45, 2.75) is 6.18 Å². The number of carbonyl (C=O) groups excluding carboxylic acids is 1. The van der Waals surface area contributed by atoms with Crippen LogP contribution >= 0.6 is 0 Å². The Hall–Kier alpha value is -4.93. The number of H-pyrrole nitrogens is 1. The predicted molar refractivity (Wildman–Crippen MR) is 135 cm³/mol. The summed E-state index contributed by atoms with van der Waals surface area (Å²) in [5.41, 5.74) is 6.51. The van der Waals surface area contributed by atoms with Crippen LogP contribution in [0.4, 0.5) is 43.9 Å². The van der Waals surface area contributed by atoms with E-state index in [0.29, 0.717) is 22.5 Å². The molecule has 0 unspecified atom stereocenters. The Balaban J connectivity index is 1.38. The van der Waals surface area contributed by atoms with E-state index < -0.39 is 29.4 Å². The number of nitrogens with zero attached hydrogens (tertiary/aromatic N) is 1. The fourth-order valence-electron chi connectivity index (χ4n) is 4.17. The van der Waals surface area contributed by atoms with Crippen molar-refractivity contribution in [1.29, 1.82) is 0 Å². The number of carbonyl (C=O) groups is 1. The summed E-state index contributed by atoms with van der Waals surface area (Å²) < 4.78 is 68.4. The van der Waals surface area contributed by atoms with Gasteiger partial charge in [0.2, 0.25) is 0 Å². The predicted octanol–water partition coefficient (Wildman–Crippen LogP) is 7.42. The molecule has 0 aliphatic rings. The summed E-state index contributed by atoms with van der Waals surface area (Å²) in [5, 5.41) is 12.3. The highest BCUT2D eigenvalue weighted by atomic mass is 19.4. The monoisotopic (exact) mass is 523 g/mol. The molecule has 2 amide bonds. The molecule has 5 rings (SSSR count). The Kier molecular flexibility index (Phi) is 6.19. The van der Waals surface area contributed by atoms with Crippen molar-refractivity contribution < 1.29 is 26.7 Å². The SMILES string of the molecule is Nc1n[nH]c2cccc(-c3ccc(NC(=O)Nc4ccccc4-c4ccc(F)c(C(F)(F)F)c4)cc3F)c12. The van der Waals surface area contributed by atoms with Gasteiger partial charge in [0.15, 0.2) is 5.82 Å². The fraction of sp³-hybridized carbons (Fsp3) is 0.0370. The molecular formula is C27H18F5N5O. The molecular weight excluding hydrogens is 505 g/mol. The van der Waals surface area contributed by atoms with E-state index in [1.54, 1.807) is 30.3 Å². The second-order valence-electron chi connectivity index (χ2n) is 8.35. The number of alkyl halides is 3. The molecule has 0 spiro atoms. The van der Waals surface area contributed by atoms with Gasteiger partial charge in [-0.05, 0) is 53.6 Å². The third-order valence-electron chi connectivity index (χ3n) is 5.89. The van der Waals surface area contributed by atoms with Crippen LogP contribution in [0.15, 0.2) is 78.9 Å². The van der Waals surface area contributed by atoms with E-state index in [1.165, 1.54) is 30.3 Å². The first-order valence-corrected chi connectivity index (χ1v) is 11.2. The van der Waals surface area contributed by atoms with Crippen LogP contribution in [0.1, 0.15) is 5.56 Å². The van der Waals surface area contributed by atoms with Crippen molar-refractivity contribution in [1.82, 2.24) is 10.2 Å². The number of aromatic amines is 1. The van der Waals surface area contributed by atoms with Crippen LogP contribution < -0.4 is 16.4 Å². The number of rotatable bonds is 4. The smallest absolute Gasteiger partial charge is 0.382 e. The summed E-state index contributed by atoms with van der Waals surface area (Å²) in [6.45, 7) is 0. The van der Waals surface area contributed by atoms with Crippen molar-refractivity contribution >= 4 is 34.1 Å². The van der Waals surface area contributed by atoms with Crippen LogP contribution in [0.25, 0.3) is 33.2 Å². The molecule has 11 heteroatoms. The zero-order chi connectivity index (χ0) is 27.0. The highest BCUT2D eigenvalue weighted by Gasteiger charge is 2.34. The number of nitrogens with two attached hydrogens (primary N) is 1. The number of nitrogens with one attached hydrogen (secondary N) is 3. The van der Waals surface area contributed by atoms with E-state index in [1.807, 2.05) is 0 Å². The average molecular weight is 523 g/mol. The molecule has 1 aromatic heterocycles. The second kappa shape index (κ2) is 9.51. The molecule has 5 N–H and O–H groups in total. The number of benzene rings is 4. The maximum Gasteiger partial charge on any atom is 0.419 e. The Labute approximate surface area is 212 Å². The van der Waals surface area contributed by atoms with Gasteiger partial charge in [-0.15, -0.1) is 0 Å². The number of fused-ring (bicyclic) bond motifs is 1. The third-order valence-corrected chi connectivity index (χ3v) is 5.89. The summed E-state index contributed by atoms with van der Waals surface area (Å²) in [7, 11) is 0. The molecule has 4 aromatic carbocycles.